The molecular formula is C13H14N2O2. The molecule has 0 saturated carbocycles. The lowest BCUT2D eigenvalue weighted by Crippen LogP contribution is -2.06. The molecule has 1 aromatic carbocycles. The van der Waals surface area contributed by atoms with Gasteiger partial charge in [0.05, 0.1) is 11.6 Å². The minimum absolute atomic E-state index is 0.446. The van der Waals surface area contributed by atoms with Crippen molar-refractivity contribution in [2.75, 3.05) is 11.9 Å². The minimum Gasteiger partial charge on any atom is -0.478 e. The first-order valence-electron chi connectivity index (χ1n) is 5.17. The van der Waals surface area contributed by atoms with Gasteiger partial charge in [-0.2, -0.15) is 5.26 Å². The molecule has 0 spiro atoms. The zero-order chi connectivity index (χ0) is 12.8. The fourth-order valence-electron chi connectivity index (χ4n) is 1.38. The van der Waals surface area contributed by atoms with Gasteiger partial charge in [-0.15, -0.1) is 0 Å². The van der Waals surface area contributed by atoms with Crippen LogP contribution in [0.4, 0.5) is 5.69 Å². The number of anilines is 1. The van der Waals surface area contributed by atoms with Crippen LogP contribution in [-0.4, -0.2) is 17.6 Å². The van der Waals surface area contributed by atoms with Gasteiger partial charge in [-0.25, -0.2) is 4.79 Å². The molecule has 1 rings (SSSR count). The highest BCUT2D eigenvalue weighted by molar-refractivity contribution is 5.80. The first-order valence-corrected chi connectivity index (χ1v) is 5.17. The van der Waals surface area contributed by atoms with Crippen LogP contribution < -0.4 is 5.32 Å². The van der Waals surface area contributed by atoms with Crippen LogP contribution in [0.25, 0.3) is 0 Å². The second-order valence-electron chi connectivity index (χ2n) is 3.82. The Balaban J connectivity index is 2.76. The van der Waals surface area contributed by atoms with Crippen molar-refractivity contribution in [3.8, 4) is 6.07 Å². The fraction of sp³-hybridized carbons (Fsp3) is 0.231. The van der Waals surface area contributed by atoms with Gasteiger partial charge in [-0.05, 0) is 37.1 Å². The molecular weight excluding hydrogens is 216 g/mol. The lowest BCUT2D eigenvalue weighted by Gasteiger charge is -2.09. The molecule has 0 atom stereocenters. The summed E-state index contributed by atoms with van der Waals surface area (Å²) in [5, 5.41) is 20.5. The van der Waals surface area contributed by atoms with Crippen LogP contribution in [0.3, 0.4) is 0 Å². The summed E-state index contributed by atoms with van der Waals surface area (Å²) in [6.07, 6.45) is 1.16. The number of aryl methyl sites for hydroxylation is 1. The number of nitrogens with one attached hydrogen (secondary N) is 1. The lowest BCUT2D eigenvalue weighted by molar-refractivity contribution is -0.131. The zero-order valence-electron chi connectivity index (χ0n) is 9.82. The minimum atomic E-state index is -0.952. The number of hydrogen-bond donors (Lipinski definition) is 2. The smallest absolute Gasteiger partial charge is 0.328 e. The highest BCUT2D eigenvalue weighted by Crippen LogP contribution is 2.16. The molecule has 0 fully saturated rings. The first kappa shape index (κ1) is 12.8. The van der Waals surface area contributed by atoms with Gasteiger partial charge in [0, 0.05) is 18.3 Å². The molecule has 4 heteroatoms. The number of rotatable bonds is 4. The van der Waals surface area contributed by atoms with Crippen molar-refractivity contribution in [3.05, 3.63) is 41.0 Å². The second-order valence-corrected chi connectivity index (χ2v) is 3.82. The summed E-state index contributed by atoms with van der Waals surface area (Å²) in [5.74, 6) is -0.952. The van der Waals surface area contributed by atoms with Gasteiger partial charge in [0.2, 0.25) is 0 Å². The van der Waals surface area contributed by atoms with E-state index in [9.17, 15) is 4.79 Å². The number of carboxylic acid groups (broad SMARTS) is 1. The highest BCUT2D eigenvalue weighted by atomic mass is 16.4. The van der Waals surface area contributed by atoms with Crippen LogP contribution in [0.2, 0.25) is 0 Å². The monoisotopic (exact) mass is 230 g/mol. The van der Waals surface area contributed by atoms with E-state index in [-0.39, 0.29) is 0 Å². The topological polar surface area (TPSA) is 73.1 Å². The van der Waals surface area contributed by atoms with E-state index >= 15 is 0 Å². The van der Waals surface area contributed by atoms with Crippen molar-refractivity contribution in [3.63, 3.8) is 0 Å². The van der Waals surface area contributed by atoms with E-state index in [0.29, 0.717) is 12.1 Å². The Morgan fingerprint density at radius 1 is 1.59 bits per heavy atom. The van der Waals surface area contributed by atoms with Crippen molar-refractivity contribution in [1.29, 1.82) is 5.26 Å². The van der Waals surface area contributed by atoms with Crippen LogP contribution in [0, 0.1) is 18.3 Å². The van der Waals surface area contributed by atoms with Gasteiger partial charge < -0.3 is 10.4 Å². The van der Waals surface area contributed by atoms with Crippen molar-refractivity contribution >= 4 is 11.7 Å². The van der Waals surface area contributed by atoms with Crippen molar-refractivity contribution < 1.29 is 9.90 Å². The molecule has 88 valence electrons. The molecule has 0 radical (unpaired) electrons. The molecule has 0 unspecified atom stereocenters. The molecule has 0 aliphatic heterocycles. The van der Waals surface area contributed by atoms with Crippen LogP contribution in [0.1, 0.15) is 18.1 Å². The van der Waals surface area contributed by atoms with Crippen LogP contribution in [0.5, 0.6) is 0 Å². The Morgan fingerprint density at radius 3 is 2.88 bits per heavy atom. The quantitative estimate of drug-likeness (QED) is 0.778. The summed E-state index contributed by atoms with van der Waals surface area (Å²) >= 11 is 0. The zero-order valence-corrected chi connectivity index (χ0v) is 9.82. The number of nitriles is 1. The standard InChI is InChI=1S/C13H14N2O2/c1-9(5-13(16)17)8-15-12-6-11(7-14)4-3-10(12)2/h3-6,15H,8H2,1-2H3,(H,16,17)/b9-5-. The summed E-state index contributed by atoms with van der Waals surface area (Å²) in [7, 11) is 0. The van der Waals surface area contributed by atoms with Crippen LogP contribution >= 0.6 is 0 Å². The average Bonchev–Trinajstić information content (AvgIpc) is 2.27. The molecule has 1 aromatic rings. The van der Waals surface area contributed by atoms with E-state index in [4.69, 9.17) is 10.4 Å². The fourth-order valence-corrected chi connectivity index (χ4v) is 1.38. The third-order valence-electron chi connectivity index (χ3n) is 2.29. The number of benzene rings is 1. The van der Waals surface area contributed by atoms with Gasteiger partial charge in [0.1, 0.15) is 0 Å². The molecule has 0 bridgehead atoms. The lowest BCUT2D eigenvalue weighted by atomic mass is 10.1. The van der Waals surface area contributed by atoms with Crippen LogP contribution in [0.15, 0.2) is 29.8 Å². The Hall–Kier alpha value is -2.28. The first-order chi connectivity index (χ1) is 8.02. The van der Waals surface area contributed by atoms with E-state index in [2.05, 4.69) is 11.4 Å². The Bertz CT molecular complexity index is 499. The van der Waals surface area contributed by atoms with Crippen LogP contribution in [-0.2, 0) is 4.79 Å². The molecule has 0 heterocycles. The van der Waals surface area contributed by atoms with Gasteiger partial charge >= 0.3 is 5.97 Å². The normalized spacial score (nSPS) is 10.8. The molecule has 0 aliphatic rings. The van der Waals surface area contributed by atoms with E-state index in [1.54, 1.807) is 19.1 Å². The maximum absolute atomic E-state index is 10.4. The maximum atomic E-state index is 10.4. The number of hydrogen-bond acceptors (Lipinski definition) is 3. The van der Waals surface area contributed by atoms with E-state index in [1.165, 1.54) is 0 Å². The predicted molar refractivity (Wildman–Crippen MR) is 65.8 cm³/mol. The van der Waals surface area contributed by atoms with Gasteiger partial charge in [-0.1, -0.05) is 6.07 Å². The van der Waals surface area contributed by atoms with E-state index in [1.807, 2.05) is 13.0 Å². The summed E-state index contributed by atoms with van der Waals surface area (Å²) in [5.41, 5.74) is 3.17. The van der Waals surface area contributed by atoms with Gasteiger partial charge in [0.15, 0.2) is 0 Å². The van der Waals surface area contributed by atoms with Gasteiger partial charge in [0.25, 0.3) is 0 Å². The second kappa shape index (κ2) is 5.71. The van der Waals surface area contributed by atoms with Gasteiger partial charge in [-0.3, -0.25) is 0 Å². The third kappa shape index (κ3) is 3.99. The number of aliphatic carboxylic acids is 1. The molecule has 0 aromatic heterocycles. The number of nitrogens with zero attached hydrogens (tertiary/aromatic N) is 1. The van der Waals surface area contributed by atoms with E-state index in [0.717, 1.165) is 22.9 Å². The summed E-state index contributed by atoms with van der Waals surface area (Å²) in [4.78, 5) is 10.4. The molecule has 0 amide bonds. The molecule has 17 heavy (non-hydrogen) atoms. The summed E-state index contributed by atoms with van der Waals surface area (Å²) in [6.45, 7) is 4.12. The summed E-state index contributed by atoms with van der Waals surface area (Å²) in [6, 6.07) is 7.43. The number of carboxylic acids is 1. The third-order valence-corrected chi connectivity index (χ3v) is 2.29. The molecule has 0 saturated heterocycles. The highest BCUT2D eigenvalue weighted by Gasteiger charge is 2.00. The van der Waals surface area contributed by atoms with Crippen molar-refractivity contribution in [1.82, 2.24) is 0 Å². The van der Waals surface area contributed by atoms with Crippen molar-refractivity contribution in [2.24, 2.45) is 0 Å². The average molecular weight is 230 g/mol. The molecule has 0 aliphatic carbocycles. The Kier molecular flexibility index (Phi) is 4.29. The maximum Gasteiger partial charge on any atom is 0.328 e. The summed E-state index contributed by atoms with van der Waals surface area (Å²) < 4.78 is 0. The number of carbonyl (C=O) groups is 1. The Labute approximate surface area is 100 Å². The largest absolute Gasteiger partial charge is 0.478 e. The van der Waals surface area contributed by atoms with E-state index < -0.39 is 5.97 Å². The Morgan fingerprint density at radius 2 is 2.29 bits per heavy atom. The molecule has 4 nitrogen and oxygen atoms in total. The van der Waals surface area contributed by atoms with Crippen molar-refractivity contribution in [2.45, 2.75) is 13.8 Å². The SMILES string of the molecule is C/C(=C/C(=O)O)CNc1cc(C#N)ccc1C. The predicted octanol–water partition coefficient (Wildman–Crippen LogP) is 2.31. The molecule has 2 N–H and O–H groups in total.